The zero-order chi connectivity index (χ0) is 16.1. The number of halogens is 1. The summed E-state index contributed by atoms with van der Waals surface area (Å²) < 4.78 is 4.89. The van der Waals surface area contributed by atoms with Crippen molar-refractivity contribution in [1.82, 2.24) is 9.97 Å². The number of esters is 1. The van der Waals surface area contributed by atoms with E-state index in [9.17, 15) is 14.9 Å². The summed E-state index contributed by atoms with van der Waals surface area (Å²) in [5.41, 5.74) is 0.115. The lowest BCUT2D eigenvalue weighted by atomic mass is 10.2. The Morgan fingerprint density at radius 3 is 2.91 bits per heavy atom. The molecule has 0 unspecified atom stereocenters. The van der Waals surface area contributed by atoms with Crippen LogP contribution in [0.4, 0.5) is 17.1 Å². The Kier molecular flexibility index (Phi) is 4.84. The Hall–Kier alpha value is -2.74. The number of carbonyl (C=O) groups excluding carboxylic acids is 1. The Morgan fingerprint density at radius 1 is 1.45 bits per heavy atom. The molecule has 0 radical (unpaired) electrons. The molecule has 22 heavy (non-hydrogen) atoms. The van der Waals surface area contributed by atoms with Gasteiger partial charge in [-0.25, -0.2) is 14.8 Å². The van der Waals surface area contributed by atoms with E-state index in [0.29, 0.717) is 0 Å². The molecule has 0 aromatic carbocycles. The topological polar surface area (TPSA) is 107 Å². The van der Waals surface area contributed by atoms with Crippen molar-refractivity contribution >= 4 is 34.6 Å². The minimum Gasteiger partial charge on any atom is -0.461 e. The summed E-state index contributed by atoms with van der Waals surface area (Å²) in [7, 11) is 0. The summed E-state index contributed by atoms with van der Waals surface area (Å²) in [6.45, 7) is 1.86. The molecule has 0 spiro atoms. The standard InChI is InChI=1S/C13H11ClN4O4/c1-2-22-13(19)12-8(4-3-5-15-12)17-9-6-11(14)16-7-10(9)18(20)21/h3-7H,2H2,1H3,(H,16,17). The van der Waals surface area contributed by atoms with Crippen LogP contribution in [0.25, 0.3) is 0 Å². The number of hydrogen-bond acceptors (Lipinski definition) is 7. The summed E-state index contributed by atoms with van der Waals surface area (Å²) >= 11 is 5.76. The lowest BCUT2D eigenvalue weighted by Crippen LogP contribution is -2.10. The highest BCUT2D eigenvalue weighted by Crippen LogP contribution is 2.29. The molecule has 2 rings (SSSR count). The molecule has 0 bridgehead atoms. The fraction of sp³-hybridized carbons (Fsp3) is 0.154. The van der Waals surface area contributed by atoms with Crippen LogP contribution in [0.5, 0.6) is 0 Å². The number of rotatable bonds is 5. The third kappa shape index (κ3) is 3.47. The summed E-state index contributed by atoms with van der Waals surface area (Å²) in [5, 5.41) is 13.9. The third-order valence-electron chi connectivity index (χ3n) is 2.59. The van der Waals surface area contributed by atoms with E-state index in [0.717, 1.165) is 6.20 Å². The fourth-order valence-electron chi connectivity index (χ4n) is 1.68. The van der Waals surface area contributed by atoms with Crippen LogP contribution >= 0.6 is 11.6 Å². The molecule has 2 heterocycles. The maximum Gasteiger partial charge on any atom is 0.359 e. The van der Waals surface area contributed by atoms with E-state index in [-0.39, 0.29) is 34.5 Å². The predicted molar refractivity (Wildman–Crippen MR) is 79.4 cm³/mol. The number of nitrogens with zero attached hydrogens (tertiary/aromatic N) is 3. The lowest BCUT2D eigenvalue weighted by molar-refractivity contribution is -0.384. The van der Waals surface area contributed by atoms with Gasteiger partial charge in [0.15, 0.2) is 5.69 Å². The van der Waals surface area contributed by atoms with E-state index in [1.54, 1.807) is 19.1 Å². The van der Waals surface area contributed by atoms with Crippen molar-refractivity contribution in [1.29, 1.82) is 0 Å². The van der Waals surface area contributed by atoms with Gasteiger partial charge in [-0.05, 0) is 19.1 Å². The van der Waals surface area contributed by atoms with E-state index in [4.69, 9.17) is 16.3 Å². The first-order valence-corrected chi connectivity index (χ1v) is 6.59. The smallest absolute Gasteiger partial charge is 0.359 e. The Morgan fingerprint density at radius 2 is 2.23 bits per heavy atom. The maximum absolute atomic E-state index is 11.8. The summed E-state index contributed by atoms with van der Waals surface area (Å²) in [6.07, 6.45) is 2.45. The van der Waals surface area contributed by atoms with Gasteiger partial charge in [0.25, 0.3) is 0 Å². The Labute approximate surface area is 130 Å². The van der Waals surface area contributed by atoms with Crippen LogP contribution in [0, 0.1) is 10.1 Å². The van der Waals surface area contributed by atoms with Gasteiger partial charge in [0.1, 0.15) is 17.0 Å². The minimum absolute atomic E-state index is 0.0200. The number of hydrogen-bond donors (Lipinski definition) is 1. The lowest BCUT2D eigenvalue weighted by Gasteiger charge is -2.10. The summed E-state index contributed by atoms with van der Waals surface area (Å²) in [6, 6.07) is 4.43. The van der Waals surface area contributed by atoms with Crippen molar-refractivity contribution in [2.24, 2.45) is 0 Å². The highest BCUT2D eigenvalue weighted by Gasteiger charge is 2.19. The van der Waals surface area contributed by atoms with E-state index in [1.165, 1.54) is 12.3 Å². The molecular weight excluding hydrogens is 312 g/mol. The second kappa shape index (κ2) is 6.81. The molecule has 9 heteroatoms. The second-order valence-electron chi connectivity index (χ2n) is 4.03. The molecular formula is C13H11ClN4O4. The van der Waals surface area contributed by atoms with Crippen molar-refractivity contribution in [2.75, 3.05) is 11.9 Å². The van der Waals surface area contributed by atoms with Gasteiger partial charge in [0.2, 0.25) is 0 Å². The normalized spacial score (nSPS) is 10.1. The average Bonchev–Trinajstić information content (AvgIpc) is 2.47. The van der Waals surface area contributed by atoms with Crippen LogP contribution in [0.15, 0.2) is 30.6 Å². The third-order valence-corrected chi connectivity index (χ3v) is 2.80. The SMILES string of the molecule is CCOC(=O)c1ncccc1Nc1cc(Cl)ncc1[N+](=O)[O-]. The molecule has 0 fully saturated rings. The van der Waals surface area contributed by atoms with Crippen molar-refractivity contribution in [2.45, 2.75) is 6.92 Å². The highest BCUT2D eigenvalue weighted by atomic mass is 35.5. The first-order chi connectivity index (χ1) is 10.5. The first kappa shape index (κ1) is 15.6. The van der Waals surface area contributed by atoms with Crippen molar-refractivity contribution in [3.8, 4) is 0 Å². The van der Waals surface area contributed by atoms with Gasteiger partial charge < -0.3 is 10.1 Å². The zero-order valence-corrected chi connectivity index (χ0v) is 12.2. The number of nitrogens with one attached hydrogen (secondary N) is 1. The fourth-order valence-corrected chi connectivity index (χ4v) is 1.84. The number of carbonyl (C=O) groups is 1. The number of nitro groups is 1. The van der Waals surface area contributed by atoms with Crippen LogP contribution in [-0.4, -0.2) is 27.5 Å². The predicted octanol–water partition coefficient (Wildman–Crippen LogP) is 2.96. The molecule has 2 aromatic rings. The zero-order valence-electron chi connectivity index (χ0n) is 11.4. The van der Waals surface area contributed by atoms with Crippen LogP contribution in [0.2, 0.25) is 5.15 Å². The number of aromatic nitrogens is 2. The van der Waals surface area contributed by atoms with Gasteiger partial charge in [-0.3, -0.25) is 10.1 Å². The molecule has 114 valence electrons. The molecule has 0 atom stereocenters. The number of anilines is 2. The second-order valence-corrected chi connectivity index (χ2v) is 4.41. The molecule has 1 N–H and O–H groups in total. The van der Waals surface area contributed by atoms with Gasteiger partial charge >= 0.3 is 11.7 Å². The van der Waals surface area contributed by atoms with Gasteiger partial charge in [0.05, 0.1) is 17.2 Å². The molecule has 0 aliphatic heterocycles. The number of pyridine rings is 2. The Balaban J connectivity index is 2.42. The average molecular weight is 323 g/mol. The largest absolute Gasteiger partial charge is 0.461 e. The molecule has 0 amide bonds. The van der Waals surface area contributed by atoms with E-state index in [1.807, 2.05) is 0 Å². The van der Waals surface area contributed by atoms with E-state index < -0.39 is 10.9 Å². The quantitative estimate of drug-likeness (QED) is 0.390. The van der Waals surface area contributed by atoms with E-state index >= 15 is 0 Å². The van der Waals surface area contributed by atoms with Crippen LogP contribution in [-0.2, 0) is 4.74 Å². The van der Waals surface area contributed by atoms with Crippen LogP contribution in [0.3, 0.4) is 0 Å². The monoisotopic (exact) mass is 322 g/mol. The van der Waals surface area contributed by atoms with Gasteiger partial charge in [-0.15, -0.1) is 0 Å². The van der Waals surface area contributed by atoms with Crippen molar-refractivity contribution in [3.63, 3.8) is 0 Å². The molecule has 8 nitrogen and oxygen atoms in total. The van der Waals surface area contributed by atoms with Crippen molar-refractivity contribution < 1.29 is 14.5 Å². The van der Waals surface area contributed by atoms with E-state index in [2.05, 4.69) is 15.3 Å². The molecule has 0 saturated carbocycles. The van der Waals surface area contributed by atoms with Crippen LogP contribution < -0.4 is 5.32 Å². The summed E-state index contributed by atoms with van der Waals surface area (Å²) in [4.78, 5) is 29.9. The van der Waals surface area contributed by atoms with Gasteiger partial charge in [-0.2, -0.15) is 0 Å². The van der Waals surface area contributed by atoms with Crippen molar-refractivity contribution in [3.05, 3.63) is 51.6 Å². The summed E-state index contributed by atoms with van der Waals surface area (Å²) in [5.74, 6) is -0.631. The minimum atomic E-state index is -0.631. The highest BCUT2D eigenvalue weighted by molar-refractivity contribution is 6.29. The molecule has 2 aromatic heterocycles. The van der Waals surface area contributed by atoms with Crippen LogP contribution in [0.1, 0.15) is 17.4 Å². The molecule has 0 aliphatic carbocycles. The number of ether oxygens (including phenoxy) is 1. The molecule has 0 aliphatic rings. The van der Waals surface area contributed by atoms with Gasteiger partial charge in [0, 0.05) is 12.3 Å². The first-order valence-electron chi connectivity index (χ1n) is 6.22. The maximum atomic E-state index is 11.8. The Bertz CT molecular complexity index is 723. The van der Waals surface area contributed by atoms with Gasteiger partial charge in [-0.1, -0.05) is 11.6 Å². The molecule has 0 saturated heterocycles.